The van der Waals surface area contributed by atoms with Gasteiger partial charge in [0.2, 0.25) is 0 Å². The maximum atomic E-state index is 11.8. The number of rotatable bonds is 5. The van der Waals surface area contributed by atoms with Crippen LogP contribution in [0.2, 0.25) is 0 Å². The van der Waals surface area contributed by atoms with Crippen molar-refractivity contribution in [2.45, 2.75) is 32.7 Å². The first kappa shape index (κ1) is 12.4. The predicted octanol–water partition coefficient (Wildman–Crippen LogP) is 1.37. The van der Waals surface area contributed by atoms with Gasteiger partial charge in [-0.3, -0.25) is 9.69 Å². The number of hydrogen-bond donors (Lipinski definition) is 1. The number of likely N-dealkylation sites (N-methyl/N-ethyl adjacent to an activating group) is 1. The quantitative estimate of drug-likeness (QED) is 0.572. The molecule has 0 spiro atoms. The number of unbranched alkanes of at least 4 members (excludes halogenated alkanes) is 1. The number of urea groups is 1. The fraction of sp³-hybridized carbons (Fsp3) is 0.800. The lowest BCUT2D eigenvalue weighted by Crippen LogP contribution is -2.37. The van der Waals surface area contributed by atoms with Gasteiger partial charge in [0, 0.05) is 18.8 Å². The lowest BCUT2D eigenvalue weighted by molar-refractivity contribution is -0.127. The molecule has 15 heavy (non-hydrogen) atoms. The number of thiol groups is 1. The molecule has 0 N–H and O–H groups in total. The molecule has 1 rings (SSSR count). The molecule has 0 aliphatic carbocycles. The van der Waals surface area contributed by atoms with Crippen LogP contribution in [0, 0.1) is 0 Å². The largest absolute Gasteiger partial charge is 0.327 e. The first-order valence-corrected chi connectivity index (χ1v) is 6.03. The highest BCUT2D eigenvalue weighted by atomic mass is 32.1. The van der Waals surface area contributed by atoms with Crippen LogP contribution in [0.15, 0.2) is 0 Å². The van der Waals surface area contributed by atoms with Gasteiger partial charge >= 0.3 is 6.03 Å². The molecular weight excluding hydrogens is 212 g/mol. The topological polar surface area (TPSA) is 40.6 Å². The first-order valence-electron chi connectivity index (χ1n) is 5.40. The molecule has 4 nitrogen and oxygen atoms in total. The van der Waals surface area contributed by atoms with Crippen molar-refractivity contribution in [3.63, 3.8) is 0 Å². The van der Waals surface area contributed by atoms with Crippen molar-refractivity contribution in [2.75, 3.05) is 18.8 Å². The van der Waals surface area contributed by atoms with E-state index in [0.717, 1.165) is 12.8 Å². The Kier molecular flexibility index (Phi) is 4.45. The molecular formula is C10H18N2O2S. The van der Waals surface area contributed by atoms with E-state index in [2.05, 4.69) is 19.6 Å². The second-order valence-electron chi connectivity index (χ2n) is 3.61. The molecule has 1 aliphatic rings. The van der Waals surface area contributed by atoms with Crippen molar-refractivity contribution in [2.24, 2.45) is 0 Å². The van der Waals surface area contributed by atoms with Crippen molar-refractivity contribution < 1.29 is 9.59 Å². The highest BCUT2D eigenvalue weighted by Gasteiger charge is 2.42. The number of hydrogen-bond acceptors (Lipinski definition) is 3. The summed E-state index contributed by atoms with van der Waals surface area (Å²) < 4.78 is 0. The number of carbonyl (C=O) groups is 2. The summed E-state index contributed by atoms with van der Waals surface area (Å²) >= 11 is 4.14. The molecule has 0 aromatic heterocycles. The number of imide groups is 1. The summed E-state index contributed by atoms with van der Waals surface area (Å²) in [5.41, 5.74) is 0. The van der Waals surface area contributed by atoms with Gasteiger partial charge in [-0.2, -0.15) is 12.6 Å². The molecule has 1 aliphatic heterocycles. The molecule has 0 aromatic carbocycles. The summed E-state index contributed by atoms with van der Waals surface area (Å²) in [6.07, 6.45) is 1.95. The van der Waals surface area contributed by atoms with E-state index in [1.54, 1.807) is 4.90 Å². The first-order chi connectivity index (χ1) is 7.17. The summed E-state index contributed by atoms with van der Waals surface area (Å²) in [6, 6.07) is -0.512. The van der Waals surface area contributed by atoms with Gasteiger partial charge in [0.15, 0.2) is 0 Å². The molecule has 0 radical (unpaired) electrons. The fourth-order valence-corrected chi connectivity index (χ4v) is 2.10. The summed E-state index contributed by atoms with van der Waals surface area (Å²) in [5, 5.41) is 0. The van der Waals surface area contributed by atoms with Crippen LogP contribution in [0.1, 0.15) is 26.7 Å². The Labute approximate surface area is 96.0 Å². The smallest absolute Gasteiger partial charge is 0.311 e. The minimum Gasteiger partial charge on any atom is -0.311 e. The Morgan fingerprint density at radius 2 is 2.00 bits per heavy atom. The molecule has 0 saturated carbocycles. The molecule has 1 atom stereocenters. The minimum absolute atomic E-state index is 0.103. The van der Waals surface area contributed by atoms with Crippen molar-refractivity contribution in [1.82, 2.24) is 9.80 Å². The highest BCUT2D eigenvalue weighted by Crippen LogP contribution is 2.18. The standard InChI is InChI=1S/C10H18N2O2S/c1-3-5-6-12-8(7-15)9(13)11(4-2)10(12)14/h8,15H,3-7H2,1-2H3. The van der Waals surface area contributed by atoms with E-state index in [1.807, 2.05) is 6.92 Å². The monoisotopic (exact) mass is 230 g/mol. The van der Waals surface area contributed by atoms with Crippen LogP contribution in [0.25, 0.3) is 0 Å². The Balaban J connectivity index is 2.75. The fourth-order valence-electron chi connectivity index (χ4n) is 1.74. The molecule has 3 amide bonds. The summed E-state index contributed by atoms with van der Waals surface area (Å²) in [6.45, 7) is 4.98. The van der Waals surface area contributed by atoms with Crippen molar-refractivity contribution in [1.29, 1.82) is 0 Å². The average molecular weight is 230 g/mol. The average Bonchev–Trinajstić information content (AvgIpc) is 2.46. The van der Waals surface area contributed by atoms with Gasteiger partial charge in [-0.1, -0.05) is 13.3 Å². The number of carbonyl (C=O) groups excluding carboxylic acids is 2. The van der Waals surface area contributed by atoms with Gasteiger partial charge in [-0.15, -0.1) is 0 Å². The van der Waals surface area contributed by atoms with Crippen molar-refractivity contribution in [3.8, 4) is 0 Å². The Morgan fingerprint density at radius 3 is 2.47 bits per heavy atom. The molecule has 86 valence electrons. The Hall–Kier alpha value is -0.710. The van der Waals surface area contributed by atoms with E-state index < -0.39 is 0 Å². The van der Waals surface area contributed by atoms with Gasteiger partial charge < -0.3 is 4.90 Å². The maximum Gasteiger partial charge on any atom is 0.327 e. The molecule has 1 fully saturated rings. The number of nitrogens with zero attached hydrogens (tertiary/aromatic N) is 2. The minimum atomic E-state index is -0.354. The van der Waals surface area contributed by atoms with Crippen LogP contribution < -0.4 is 0 Å². The molecule has 0 aromatic rings. The highest BCUT2D eigenvalue weighted by molar-refractivity contribution is 7.80. The van der Waals surface area contributed by atoms with Crippen LogP contribution in [0.3, 0.4) is 0 Å². The number of amides is 3. The van der Waals surface area contributed by atoms with Crippen LogP contribution in [-0.2, 0) is 4.79 Å². The summed E-state index contributed by atoms with van der Waals surface area (Å²) in [7, 11) is 0. The Morgan fingerprint density at radius 1 is 1.33 bits per heavy atom. The maximum absolute atomic E-state index is 11.8. The lowest BCUT2D eigenvalue weighted by atomic mass is 10.2. The van der Waals surface area contributed by atoms with Gasteiger partial charge in [-0.05, 0) is 13.3 Å². The molecule has 1 saturated heterocycles. The van der Waals surface area contributed by atoms with E-state index in [9.17, 15) is 9.59 Å². The van der Waals surface area contributed by atoms with Crippen LogP contribution in [0.4, 0.5) is 4.79 Å². The normalized spacial score (nSPS) is 21.7. The van der Waals surface area contributed by atoms with Gasteiger partial charge in [0.1, 0.15) is 6.04 Å². The third kappa shape index (κ3) is 2.27. The van der Waals surface area contributed by atoms with Gasteiger partial charge in [0.25, 0.3) is 5.91 Å². The van der Waals surface area contributed by atoms with E-state index in [0.29, 0.717) is 18.8 Å². The third-order valence-electron chi connectivity index (χ3n) is 2.65. The van der Waals surface area contributed by atoms with E-state index in [-0.39, 0.29) is 18.0 Å². The van der Waals surface area contributed by atoms with E-state index in [4.69, 9.17) is 0 Å². The SMILES string of the molecule is CCCCN1C(=O)N(CC)C(=O)C1CS. The van der Waals surface area contributed by atoms with E-state index in [1.165, 1.54) is 4.90 Å². The second-order valence-corrected chi connectivity index (χ2v) is 3.98. The zero-order chi connectivity index (χ0) is 11.4. The second kappa shape index (κ2) is 5.39. The molecule has 0 bridgehead atoms. The van der Waals surface area contributed by atoms with Crippen molar-refractivity contribution in [3.05, 3.63) is 0 Å². The molecule has 5 heteroatoms. The molecule has 1 heterocycles. The molecule has 1 unspecified atom stereocenters. The zero-order valence-corrected chi connectivity index (χ0v) is 10.2. The predicted molar refractivity (Wildman–Crippen MR) is 62.0 cm³/mol. The van der Waals surface area contributed by atoms with E-state index >= 15 is 0 Å². The van der Waals surface area contributed by atoms with Crippen LogP contribution in [0.5, 0.6) is 0 Å². The third-order valence-corrected chi connectivity index (χ3v) is 2.99. The van der Waals surface area contributed by atoms with Gasteiger partial charge in [-0.25, -0.2) is 4.79 Å². The lowest BCUT2D eigenvalue weighted by Gasteiger charge is -2.19. The summed E-state index contributed by atoms with van der Waals surface area (Å²) in [5.74, 6) is 0.304. The summed E-state index contributed by atoms with van der Waals surface area (Å²) in [4.78, 5) is 26.5. The zero-order valence-electron chi connectivity index (χ0n) is 9.27. The van der Waals surface area contributed by atoms with Crippen molar-refractivity contribution >= 4 is 24.6 Å². The van der Waals surface area contributed by atoms with Gasteiger partial charge in [0.05, 0.1) is 0 Å². The Bertz CT molecular complexity index is 258. The van der Waals surface area contributed by atoms with Crippen LogP contribution >= 0.6 is 12.6 Å². The van der Waals surface area contributed by atoms with Crippen LogP contribution in [-0.4, -0.2) is 46.6 Å².